The Morgan fingerprint density at radius 2 is 1.46 bits per heavy atom. The zero-order valence-corrected chi connectivity index (χ0v) is 15.8. The van der Waals surface area contributed by atoms with Gasteiger partial charge in [-0.25, -0.2) is 8.42 Å². The second-order valence-corrected chi connectivity index (χ2v) is 8.66. The summed E-state index contributed by atoms with van der Waals surface area (Å²) in [4.78, 5) is 11.7. The van der Waals surface area contributed by atoms with Crippen molar-refractivity contribution in [2.45, 2.75) is 11.3 Å². The number of aliphatic carboxylic acids is 1. The molecular weight excluding hydrogens is 374 g/mol. The molecule has 1 heterocycles. The number of hydrogen-bond donors (Lipinski definition) is 1. The first-order valence-corrected chi connectivity index (χ1v) is 10.4. The Kier molecular flexibility index (Phi) is 4.65. The van der Waals surface area contributed by atoms with Gasteiger partial charge in [-0.3, -0.25) is 9.10 Å². The first-order valence-electron chi connectivity index (χ1n) is 8.96. The fraction of sp³-hybridized carbons (Fsp3) is 0.136. The number of carboxylic acid groups (broad SMARTS) is 1. The van der Waals surface area contributed by atoms with E-state index >= 15 is 0 Å². The highest BCUT2D eigenvalue weighted by Crippen LogP contribution is 2.34. The van der Waals surface area contributed by atoms with Gasteiger partial charge in [-0.1, -0.05) is 60.7 Å². The molecule has 1 unspecified atom stereocenters. The van der Waals surface area contributed by atoms with E-state index in [1.165, 1.54) is 4.31 Å². The zero-order valence-electron chi connectivity index (χ0n) is 15.0. The molecule has 6 heteroatoms. The van der Waals surface area contributed by atoms with Crippen molar-refractivity contribution in [3.63, 3.8) is 0 Å². The molecule has 1 N–H and O–H groups in total. The first-order chi connectivity index (χ1) is 13.5. The van der Waals surface area contributed by atoms with Gasteiger partial charge in [-0.2, -0.15) is 0 Å². The maximum absolute atomic E-state index is 13.3. The van der Waals surface area contributed by atoms with Crippen LogP contribution in [0.25, 0.3) is 11.1 Å². The average molecular weight is 393 g/mol. The van der Waals surface area contributed by atoms with E-state index in [1.807, 2.05) is 30.3 Å². The molecule has 0 saturated carbocycles. The third kappa shape index (κ3) is 3.27. The number of benzene rings is 3. The first kappa shape index (κ1) is 18.3. The summed E-state index contributed by atoms with van der Waals surface area (Å²) in [6.45, 7) is -0.0743. The number of carboxylic acids is 1. The molecule has 0 aromatic heterocycles. The molecule has 3 aromatic carbocycles. The molecule has 0 fully saturated rings. The molecule has 0 bridgehead atoms. The second-order valence-electron chi connectivity index (χ2n) is 6.79. The number of para-hydroxylation sites is 1. The lowest BCUT2D eigenvalue weighted by Crippen LogP contribution is -2.42. The molecule has 4 rings (SSSR count). The predicted octanol–water partition coefficient (Wildman–Crippen LogP) is 3.81. The summed E-state index contributed by atoms with van der Waals surface area (Å²) < 4.78 is 27.8. The van der Waals surface area contributed by atoms with Crippen LogP contribution in [-0.2, 0) is 21.2 Å². The van der Waals surface area contributed by atoms with Crippen LogP contribution in [0.15, 0.2) is 83.8 Å². The van der Waals surface area contributed by atoms with Crippen LogP contribution in [-0.4, -0.2) is 26.0 Å². The molecular formula is C22H19NO4S. The lowest BCUT2D eigenvalue weighted by Gasteiger charge is -2.33. The van der Waals surface area contributed by atoms with Gasteiger partial charge in [0.05, 0.1) is 16.5 Å². The Hall–Kier alpha value is -3.12. The maximum Gasteiger partial charge on any atom is 0.308 e. The van der Waals surface area contributed by atoms with Crippen LogP contribution in [0.1, 0.15) is 5.56 Å². The largest absolute Gasteiger partial charge is 0.481 e. The van der Waals surface area contributed by atoms with E-state index < -0.39 is 21.9 Å². The van der Waals surface area contributed by atoms with Crippen molar-refractivity contribution in [2.75, 3.05) is 10.8 Å². The second kappa shape index (κ2) is 7.13. The topological polar surface area (TPSA) is 74.7 Å². The molecule has 0 radical (unpaired) electrons. The van der Waals surface area contributed by atoms with E-state index in [2.05, 4.69) is 0 Å². The summed E-state index contributed by atoms with van der Waals surface area (Å²) in [6.07, 6.45) is 0.324. The molecule has 0 saturated heterocycles. The summed E-state index contributed by atoms with van der Waals surface area (Å²) in [5.74, 6) is -1.76. The number of sulfonamides is 1. The quantitative estimate of drug-likeness (QED) is 0.732. The van der Waals surface area contributed by atoms with Crippen LogP contribution in [0, 0.1) is 5.92 Å². The summed E-state index contributed by atoms with van der Waals surface area (Å²) >= 11 is 0. The molecule has 1 aliphatic rings. The van der Waals surface area contributed by atoms with Crippen LogP contribution < -0.4 is 4.31 Å². The van der Waals surface area contributed by atoms with Gasteiger partial charge < -0.3 is 5.11 Å². The standard InChI is InChI=1S/C22H19NO4S/c24-22(25)19-14-18-8-4-5-9-21(18)23(15-19)28(26,27)20-12-10-17(11-13-20)16-6-2-1-3-7-16/h1-13,19H,14-15H2,(H,24,25). The number of nitrogens with zero attached hydrogens (tertiary/aromatic N) is 1. The van der Waals surface area contributed by atoms with Crippen LogP contribution in [0.2, 0.25) is 0 Å². The Labute approximate surface area is 163 Å². The van der Waals surface area contributed by atoms with Crippen molar-refractivity contribution in [3.8, 4) is 11.1 Å². The molecule has 3 aromatic rings. The van der Waals surface area contributed by atoms with E-state index in [0.717, 1.165) is 16.7 Å². The van der Waals surface area contributed by atoms with E-state index in [-0.39, 0.29) is 11.4 Å². The average Bonchev–Trinajstić information content (AvgIpc) is 2.73. The molecule has 0 spiro atoms. The van der Waals surface area contributed by atoms with E-state index in [9.17, 15) is 18.3 Å². The number of rotatable bonds is 4. The Morgan fingerprint density at radius 1 is 0.857 bits per heavy atom. The number of carbonyl (C=O) groups is 1. The van der Waals surface area contributed by atoms with Crippen LogP contribution in [0.4, 0.5) is 5.69 Å². The molecule has 1 atom stereocenters. The van der Waals surface area contributed by atoms with Gasteiger partial charge in [0.25, 0.3) is 10.0 Å². The maximum atomic E-state index is 13.3. The van der Waals surface area contributed by atoms with Gasteiger partial charge in [0.2, 0.25) is 0 Å². The van der Waals surface area contributed by atoms with Gasteiger partial charge in [0.1, 0.15) is 0 Å². The molecule has 5 nitrogen and oxygen atoms in total. The molecule has 142 valence electrons. The fourth-order valence-corrected chi connectivity index (χ4v) is 5.07. The summed E-state index contributed by atoms with van der Waals surface area (Å²) in [5, 5.41) is 9.46. The molecule has 0 aliphatic carbocycles. The zero-order chi connectivity index (χ0) is 19.7. The highest BCUT2D eigenvalue weighted by Gasteiger charge is 2.35. The smallest absolute Gasteiger partial charge is 0.308 e. The molecule has 28 heavy (non-hydrogen) atoms. The number of anilines is 1. The van der Waals surface area contributed by atoms with Gasteiger partial charge in [0, 0.05) is 6.54 Å². The van der Waals surface area contributed by atoms with Crippen molar-refractivity contribution >= 4 is 21.7 Å². The minimum absolute atomic E-state index is 0.0743. The highest BCUT2D eigenvalue weighted by atomic mass is 32.2. The molecule has 1 aliphatic heterocycles. The lowest BCUT2D eigenvalue weighted by atomic mass is 9.94. The van der Waals surface area contributed by atoms with Crippen molar-refractivity contribution in [1.29, 1.82) is 0 Å². The Balaban J connectivity index is 1.72. The molecule has 0 amide bonds. The van der Waals surface area contributed by atoms with Crippen molar-refractivity contribution in [3.05, 3.63) is 84.4 Å². The third-order valence-electron chi connectivity index (χ3n) is 5.01. The van der Waals surface area contributed by atoms with Gasteiger partial charge in [-0.05, 0) is 41.3 Å². The Morgan fingerprint density at radius 3 is 2.14 bits per heavy atom. The van der Waals surface area contributed by atoms with Gasteiger partial charge in [-0.15, -0.1) is 0 Å². The minimum atomic E-state index is -3.87. The van der Waals surface area contributed by atoms with Crippen LogP contribution in [0.5, 0.6) is 0 Å². The van der Waals surface area contributed by atoms with E-state index in [0.29, 0.717) is 12.1 Å². The lowest BCUT2D eigenvalue weighted by molar-refractivity contribution is -0.141. The van der Waals surface area contributed by atoms with Crippen LogP contribution in [0.3, 0.4) is 0 Å². The predicted molar refractivity (Wildman–Crippen MR) is 108 cm³/mol. The number of hydrogen-bond acceptors (Lipinski definition) is 3. The van der Waals surface area contributed by atoms with E-state index in [4.69, 9.17) is 0 Å². The van der Waals surface area contributed by atoms with Gasteiger partial charge in [0.15, 0.2) is 0 Å². The van der Waals surface area contributed by atoms with Crippen molar-refractivity contribution in [1.82, 2.24) is 0 Å². The third-order valence-corrected chi connectivity index (χ3v) is 6.81. The normalized spacial score (nSPS) is 16.4. The summed E-state index contributed by atoms with van der Waals surface area (Å²) in [6, 6.07) is 23.5. The van der Waals surface area contributed by atoms with E-state index in [1.54, 1.807) is 48.5 Å². The number of fused-ring (bicyclic) bond motifs is 1. The van der Waals surface area contributed by atoms with Crippen molar-refractivity contribution in [2.24, 2.45) is 5.92 Å². The van der Waals surface area contributed by atoms with Crippen LogP contribution >= 0.6 is 0 Å². The fourth-order valence-electron chi connectivity index (χ4n) is 3.53. The van der Waals surface area contributed by atoms with Crippen molar-refractivity contribution < 1.29 is 18.3 Å². The Bertz CT molecular complexity index is 1110. The monoisotopic (exact) mass is 393 g/mol. The summed E-state index contributed by atoms with van der Waals surface area (Å²) in [7, 11) is -3.87. The SMILES string of the molecule is O=C(O)C1Cc2ccccc2N(S(=O)(=O)c2ccc(-c3ccccc3)cc2)C1. The summed E-state index contributed by atoms with van der Waals surface area (Å²) in [5.41, 5.74) is 3.19. The highest BCUT2D eigenvalue weighted by molar-refractivity contribution is 7.92. The van der Waals surface area contributed by atoms with Gasteiger partial charge >= 0.3 is 5.97 Å². The minimum Gasteiger partial charge on any atom is -0.481 e.